The van der Waals surface area contributed by atoms with Crippen LogP contribution in [0.2, 0.25) is 0 Å². The van der Waals surface area contributed by atoms with Crippen LogP contribution >= 0.6 is 0 Å². The van der Waals surface area contributed by atoms with Crippen molar-refractivity contribution >= 4 is 0 Å². The molecule has 0 radical (unpaired) electrons. The van der Waals surface area contributed by atoms with E-state index < -0.39 is 6.11 Å². The minimum Gasteiger partial charge on any atom is -0.320 e. The van der Waals surface area contributed by atoms with Crippen molar-refractivity contribution in [3.05, 3.63) is 35.4 Å². The number of benzene rings is 1. The molecular formula is C9H10F2O. The number of hydrogen-bond acceptors (Lipinski definition) is 1. The Balaban J connectivity index is 2.96. The Morgan fingerprint density at radius 1 is 1.17 bits per heavy atom. The summed E-state index contributed by atoms with van der Waals surface area (Å²) in [7, 11) is 0.986. The van der Waals surface area contributed by atoms with E-state index in [4.69, 9.17) is 0 Å². The fourth-order valence-corrected chi connectivity index (χ4v) is 0.865. The van der Waals surface area contributed by atoms with Gasteiger partial charge in [-0.1, -0.05) is 29.8 Å². The van der Waals surface area contributed by atoms with E-state index in [0.29, 0.717) is 0 Å². The molecule has 0 aliphatic carbocycles. The van der Waals surface area contributed by atoms with Gasteiger partial charge in [-0.05, 0) is 6.92 Å². The number of ether oxygens (including phenoxy) is 1. The molecule has 1 aromatic rings. The third-order valence-electron chi connectivity index (χ3n) is 1.64. The average molecular weight is 172 g/mol. The molecular weight excluding hydrogens is 162 g/mol. The first kappa shape index (κ1) is 9.13. The Bertz CT molecular complexity index is 254. The van der Waals surface area contributed by atoms with Crippen molar-refractivity contribution < 1.29 is 13.5 Å². The normalized spacial score (nSPS) is 11.7. The van der Waals surface area contributed by atoms with Gasteiger partial charge >= 0.3 is 6.11 Å². The number of hydrogen-bond donors (Lipinski definition) is 0. The second-order valence-corrected chi connectivity index (χ2v) is 2.59. The summed E-state index contributed by atoms with van der Waals surface area (Å²) in [6, 6.07) is 5.97. The number of aryl methyl sites for hydroxylation is 1. The molecule has 0 aliphatic heterocycles. The van der Waals surface area contributed by atoms with Gasteiger partial charge in [-0.2, -0.15) is 8.78 Å². The van der Waals surface area contributed by atoms with Crippen molar-refractivity contribution in [3.8, 4) is 0 Å². The van der Waals surface area contributed by atoms with Crippen LogP contribution in [0.3, 0.4) is 0 Å². The molecule has 0 bridgehead atoms. The van der Waals surface area contributed by atoms with Crippen LogP contribution in [0.15, 0.2) is 24.3 Å². The molecule has 0 N–H and O–H groups in total. The molecule has 0 aromatic heterocycles. The Kier molecular flexibility index (Phi) is 2.43. The van der Waals surface area contributed by atoms with E-state index in [2.05, 4.69) is 4.74 Å². The molecule has 0 spiro atoms. The summed E-state index contributed by atoms with van der Waals surface area (Å²) in [5.74, 6) is 0. The first-order valence-corrected chi connectivity index (χ1v) is 3.56. The lowest BCUT2D eigenvalue weighted by Gasteiger charge is -2.13. The summed E-state index contributed by atoms with van der Waals surface area (Å²) in [5, 5.41) is 0. The first-order chi connectivity index (χ1) is 5.56. The molecule has 0 fully saturated rings. The zero-order valence-corrected chi connectivity index (χ0v) is 6.97. The van der Waals surface area contributed by atoms with Gasteiger partial charge in [0.05, 0.1) is 5.56 Å². The maximum absolute atomic E-state index is 12.8. The van der Waals surface area contributed by atoms with Gasteiger partial charge < -0.3 is 4.74 Å². The number of alkyl halides is 2. The van der Waals surface area contributed by atoms with E-state index in [9.17, 15) is 8.78 Å². The van der Waals surface area contributed by atoms with Crippen molar-refractivity contribution in [3.63, 3.8) is 0 Å². The SMILES string of the molecule is COC(F)(F)c1ccc(C)cc1. The minimum absolute atomic E-state index is 0.115. The van der Waals surface area contributed by atoms with Gasteiger partial charge in [0.15, 0.2) is 0 Å². The van der Waals surface area contributed by atoms with Gasteiger partial charge in [-0.15, -0.1) is 0 Å². The van der Waals surface area contributed by atoms with E-state index >= 15 is 0 Å². The molecule has 0 amide bonds. The second kappa shape index (κ2) is 3.19. The van der Waals surface area contributed by atoms with Crippen LogP contribution in [0, 0.1) is 6.92 Å². The highest BCUT2D eigenvalue weighted by Gasteiger charge is 2.30. The lowest BCUT2D eigenvalue weighted by molar-refractivity contribution is -0.231. The number of methoxy groups -OCH3 is 1. The quantitative estimate of drug-likeness (QED) is 0.666. The molecule has 0 heterocycles. The van der Waals surface area contributed by atoms with Gasteiger partial charge in [0.25, 0.3) is 0 Å². The van der Waals surface area contributed by atoms with Crippen molar-refractivity contribution in [1.82, 2.24) is 0 Å². The Morgan fingerprint density at radius 3 is 2.08 bits per heavy atom. The zero-order chi connectivity index (χ0) is 9.19. The Morgan fingerprint density at radius 2 is 1.67 bits per heavy atom. The summed E-state index contributed by atoms with van der Waals surface area (Å²) in [5.41, 5.74) is 0.834. The molecule has 0 saturated heterocycles. The summed E-state index contributed by atoms with van der Waals surface area (Å²) in [6.45, 7) is 1.84. The predicted octanol–water partition coefficient (Wildman–Crippen LogP) is 2.69. The van der Waals surface area contributed by atoms with Crippen LogP contribution in [-0.4, -0.2) is 7.11 Å². The molecule has 3 heteroatoms. The molecule has 0 aliphatic rings. The van der Waals surface area contributed by atoms with E-state index in [-0.39, 0.29) is 5.56 Å². The van der Waals surface area contributed by atoms with Crippen LogP contribution in [-0.2, 0) is 10.8 Å². The third kappa shape index (κ3) is 1.80. The van der Waals surface area contributed by atoms with E-state index in [1.54, 1.807) is 12.1 Å². The number of rotatable bonds is 2. The van der Waals surface area contributed by atoms with Gasteiger partial charge in [0.1, 0.15) is 0 Å². The van der Waals surface area contributed by atoms with Crippen LogP contribution < -0.4 is 0 Å². The molecule has 12 heavy (non-hydrogen) atoms. The van der Waals surface area contributed by atoms with Crippen LogP contribution in [0.4, 0.5) is 8.78 Å². The predicted molar refractivity (Wildman–Crippen MR) is 42.1 cm³/mol. The molecule has 1 rings (SSSR count). The standard InChI is InChI=1S/C9H10F2O/c1-7-3-5-8(6-4-7)9(10,11)12-2/h3-6H,1-2H3. The van der Waals surface area contributed by atoms with E-state index in [1.165, 1.54) is 12.1 Å². The largest absolute Gasteiger partial charge is 0.383 e. The molecule has 1 nitrogen and oxygen atoms in total. The summed E-state index contributed by atoms with van der Waals surface area (Å²) in [6.07, 6.45) is -3.17. The van der Waals surface area contributed by atoms with Gasteiger partial charge in [0.2, 0.25) is 0 Å². The fraction of sp³-hybridized carbons (Fsp3) is 0.333. The first-order valence-electron chi connectivity index (χ1n) is 3.56. The van der Waals surface area contributed by atoms with Crippen LogP contribution in [0.5, 0.6) is 0 Å². The summed E-state index contributed by atoms with van der Waals surface area (Å²) >= 11 is 0. The van der Waals surface area contributed by atoms with Gasteiger partial charge in [0, 0.05) is 7.11 Å². The Hall–Kier alpha value is -0.960. The van der Waals surface area contributed by atoms with Gasteiger partial charge in [-0.3, -0.25) is 0 Å². The zero-order valence-electron chi connectivity index (χ0n) is 6.97. The van der Waals surface area contributed by atoms with Crippen molar-refractivity contribution in [1.29, 1.82) is 0 Å². The lowest BCUT2D eigenvalue weighted by Crippen LogP contribution is -2.15. The molecule has 0 saturated carbocycles. The molecule has 0 unspecified atom stereocenters. The lowest BCUT2D eigenvalue weighted by atomic mass is 10.1. The molecule has 0 atom stereocenters. The van der Waals surface area contributed by atoms with Crippen molar-refractivity contribution in [2.45, 2.75) is 13.0 Å². The smallest absolute Gasteiger partial charge is 0.320 e. The summed E-state index contributed by atoms with van der Waals surface area (Å²) in [4.78, 5) is 0. The van der Waals surface area contributed by atoms with Crippen LogP contribution in [0.25, 0.3) is 0 Å². The maximum atomic E-state index is 12.8. The van der Waals surface area contributed by atoms with Gasteiger partial charge in [-0.25, -0.2) is 0 Å². The highest BCUT2D eigenvalue weighted by atomic mass is 19.3. The second-order valence-electron chi connectivity index (χ2n) is 2.59. The number of halogens is 2. The fourth-order valence-electron chi connectivity index (χ4n) is 0.865. The maximum Gasteiger partial charge on any atom is 0.383 e. The minimum atomic E-state index is -3.17. The van der Waals surface area contributed by atoms with Crippen molar-refractivity contribution in [2.24, 2.45) is 0 Å². The third-order valence-corrected chi connectivity index (χ3v) is 1.64. The average Bonchev–Trinajstić information content (AvgIpc) is 2.05. The summed E-state index contributed by atoms with van der Waals surface area (Å²) < 4.78 is 29.6. The molecule has 1 aromatic carbocycles. The van der Waals surface area contributed by atoms with Crippen LogP contribution in [0.1, 0.15) is 11.1 Å². The van der Waals surface area contributed by atoms with Crippen molar-refractivity contribution in [2.75, 3.05) is 7.11 Å². The van der Waals surface area contributed by atoms with E-state index in [1.807, 2.05) is 6.92 Å². The topological polar surface area (TPSA) is 9.23 Å². The highest BCUT2D eigenvalue weighted by Crippen LogP contribution is 2.28. The van der Waals surface area contributed by atoms with E-state index in [0.717, 1.165) is 12.7 Å². The highest BCUT2D eigenvalue weighted by molar-refractivity contribution is 5.23. The molecule has 66 valence electrons. The monoisotopic (exact) mass is 172 g/mol. The Labute approximate surface area is 70.0 Å².